The summed E-state index contributed by atoms with van der Waals surface area (Å²) in [4.78, 5) is 25.0. The smallest absolute Gasteiger partial charge is 0.253 e. The van der Waals surface area contributed by atoms with Gasteiger partial charge in [-0.15, -0.1) is 0 Å². The largest absolute Gasteiger partial charge is 0.348 e. The van der Waals surface area contributed by atoms with Crippen molar-refractivity contribution in [1.82, 2.24) is 15.2 Å². The van der Waals surface area contributed by atoms with Crippen LogP contribution in [0, 0.1) is 5.82 Å². The number of nitrogens with one attached hydrogen (secondary N) is 2. The Labute approximate surface area is 159 Å². The molecular formula is C21H26FN3O2. The molecule has 0 spiro atoms. The van der Waals surface area contributed by atoms with E-state index >= 15 is 0 Å². The average molecular weight is 371 g/mol. The van der Waals surface area contributed by atoms with E-state index in [-0.39, 0.29) is 30.0 Å². The zero-order valence-electron chi connectivity index (χ0n) is 15.6. The van der Waals surface area contributed by atoms with Gasteiger partial charge < -0.3 is 15.2 Å². The van der Waals surface area contributed by atoms with Crippen LogP contribution in [0.15, 0.2) is 36.7 Å². The SMILES string of the molecule is CCCC(=O)Cc1cn(-c2cccc(F)c2)cc1C(=O)N[C@H]1CCCNC1. The molecule has 1 aliphatic rings. The van der Waals surface area contributed by atoms with Crippen molar-refractivity contribution in [2.24, 2.45) is 0 Å². The first kappa shape index (κ1) is 19.3. The number of carbonyl (C=O) groups excluding carboxylic acids is 2. The Morgan fingerprint density at radius 2 is 2.19 bits per heavy atom. The zero-order chi connectivity index (χ0) is 19.2. The van der Waals surface area contributed by atoms with Crippen LogP contribution >= 0.6 is 0 Å². The maximum absolute atomic E-state index is 13.6. The molecule has 1 amide bonds. The molecule has 2 heterocycles. The number of nitrogens with zero attached hydrogens (tertiary/aromatic N) is 1. The summed E-state index contributed by atoms with van der Waals surface area (Å²) in [5.74, 6) is -0.426. The fraction of sp³-hybridized carbons (Fsp3) is 0.429. The van der Waals surface area contributed by atoms with Gasteiger partial charge in [0.2, 0.25) is 0 Å². The maximum atomic E-state index is 13.6. The average Bonchev–Trinajstić information content (AvgIpc) is 3.06. The molecule has 0 aliphatic carbocycles. The highest BCUT2D eigenvalue weighted by atomic mass is 19.1. The summed E-state index contributed by atoms with van der Waals surface area (Å²) in [6.45, 7) is 3.68. The lowest BCUT2D eigenvalue weighted by atomic mass is 10.0. The summed E-state index contributed by atoms with van der Waals surface area (Å²) in [7, 11) is 0. The highest BCUT2D eigenvalue weighted by molar-refractivity contribution is 5.97. The van der Waals surface area contributed by atoms with E-state index in [1.54, 1.807) is 29.1 Å². The van der Waals surface area contributed by atoms with Gasteiger partial charge in [-0.25, -0.2) is 4.39 Å². The van der Waals surface area contributed by atoms with E-state index in [0.29, 0.717) is 23.2 Å². The Morgan fingerprint density at radius 1 is 1.33 bits per heavy atom. The first-order chi connectivity index (χ1) is 13.1. The van der Waals surface area contributed by atoms with Crippen molar-refractivity contribution in [3.05, 3.63) is 53.6 Å². The Balaban J connectivity index is 1.86. The van der Waals surface area contributed by atoms with Crippen molar-refractivity contribution in [2.45, 2.75) is 45.1 Å². The van der Waals surface area contributed by atoms with Crippen molar-refractivity contribution in [2.75, 3.05) is 13.1 Å². The molecule has 0 saturated carbocycles. The van der Waals surface area contributed by atoms with Gasteiger partial charge in [0.1, 0.15) is 11.6 Å². The fourth-order valence-corrected chi connectivity index (χ4v) is 3.45. The molecule has 144 valence electrons. The molecule has 1 atom stereocenters. The number of piperidine rings is 1. The third-order valence-electron chi connectivity index (χ3n) is 4.81. The fourth-order valence-electron chi connectivity index (χ4n) is 3.45. The molecule has 1 aliphatic heterocycles. The first-order valence-corrected chi connectivity index (χ1v) is 9.57. The van der Waals surface area contributed by atoms with E-state index in [1.165, 1.54) is 12.1 Å². The topological polar surface area (TPSA) is 63.1 Å². The molecule has 2 N–H and O–H groups in total. The standard InChI is InChI=1S/C21H26FN3O2/c1-2-5-19(26)10-15-13-25(18-8-3-6-16(22)11-18)14-20(15)21(27)24-17-7-4-9-23-12-17/h3,6,8,11,13-14,17,23H,2,4-5,7,9-10,12H2,1H3,(H,24,27)/t17-/m0/s1. The third kappa shape index (κ3) is 5.04. The Kier molecular flexibility index (Phi) is 6.40. The summed E-state index contributed by atoms with van der Waals surface area (Å²) < 4.78 is 15.3. The summed E-state index contributed by atoms with van der Waals surface area (Å²) in [5, 5.41) is 6.33. The molecule has 0 unspecified atom stereocenters. The minimum Gasteiger partial charge on any atom is -0.348 e. The van der Waals surface area contributed by atoms with Crippen LogP contribution in [0.1, 0.15) is 48.5 Å². The molecule has 0 radical (unpaired) electrons. The Morgan fingerprint density at radius 3 is 2.89 bits per heavy atom. The van der Waals surface area contributed by atoms with Crippen molar-refractivity contribution < 1.29 is 14.0 Å². The van der Waals surface area contributed by atoms with Gasteiger partial charge in [-0.2, -0.15) is 0 Å². The van der Waals surface area contributed by atoms with E-state index in [1.807, 2.05) is 6.92 Å². The lowest BCUT2D eigenvalue weighted by Gasteiger charge is -2.23. The number of amides is 1. The molecule has 2 aromatic rings. The molecule has 1 aromatic carbocycles. The van der Waals surface area contributed by atoms with Crippen molar-refractivity contribution >= 4 is 11.7 Å². The van der Waals surface area contributed by atoms with Gasteiger partial charge in [0, 0.05) is 43.5 Å². The van der Waals surface area contributed by atoms with Gasteiger partial charge in [0.15, 0.2) is 0 Å². The van der Waals surface area contributed by atoms with Gasteiger partial charge in [0.05, 0.1) is 5.56 Å². The maximum Gasteiger partial charge on any atom is 0.253 e. The van der Waals surface area contributed by atoms with Crippen LogP contribution in [0.25, 0.3) is 5.69 Å². The summed E-state index contributed by atoms with van der Waals surface area (Å²) in [6.07, 6.45) is 6.88. The Hall–Kier alpha value is -2.47. The molecule has 1 saturated heterocycles. The van der Waals surface area contributed by atoms with Gasteiger partial charge >= 0.3 is 0 Å². The predicted octanol–water partition coefficient (Wildman–Crippen LogP) is 3.01. The highest BCUT2D eigenvalue weighted by Gasteiger charge is 2.21. The monoisotopic (exact) mass is 371 g/mol. The number of hydrogen-bond acceptors (Lipinski definition) is 3. The number of hydrogen-bond donors (Lipinski definition) is 2. The molecular weight excluding hydrogens is 345 g/mol. The lowest BCUT2D eigenvalue weighted by Crippen LogP contribution is -2.45. The Bertz CT molecular complexity index is 810. The number of rotatable bonds is 7. The van der Waals surface area contributed by atoms with Gasteiger partial charge in [0.25, 0.3) is 5.91 Å². The minimum atomic E-state index is -0.343. The third-order valence-corrected chi connectivity index (χ3v) is 4.81. The number of aromatic nitrogens is 1. The normalized spacial score (nSPS) is 16.9. The molecule has 27 heavy (non-hydrogen) atoms. The van der Waals surface area contributed by atoms with Crippen LogP contribution in [0.2, 0.25) is 0 Å². The molecule has 3 rings (SSSR count). The first-order valence-electron chi connectivity index (χ1n) is 9.57. The molecule has 0 bridgehead atoms. The van der Waals surface area contributed by atoms with Crippen molar-refractivity contribution in [3.8, 4) is 5.69 Å². The molecule has 5 nitrogen and oxygen atoms in total. The number of ketones is 1. The van der Waals surface area contributed by atoms with E-state index in [4.69, 9.17) is 0 Å². The molecule has 6 heteroatoms. The lowest BCUT2D eigenvalue weighted by molar-refractivity contribution is -0.118. The van der Waals surface area contributed by atoms with Gasteiger partial charge in [-0.1, -0.05) is 13.0 Å². The summed E-state index contributed by atoms with van der Waals surface area (Å²) in [5.41, 5.74) is 1.78. The highest BCUT2D eigenvalue weighted by Crippen LogP contribution is 2.19. The van der Waals surface area contributed by atoms with E-state index in [2.05, 4.69) is 10.6 Å². The second kappa shape index (κ2) is 8.95. The van der Waals surface area contributed by atoms with Crippen LogP contribution in [0.3, 0.4) is 0 Å². The minimum absolute atomic E-state index is 0.0861. The number of benzene rings is 1. The van der Waals surface area contributed by atoms with Crippen LogP contribution in [-0.4, -0.2) is 35.4 Å². The predicted molar refractivity (Wildman–Crippen MR) is 103 cm³/mol. The molecule has 1 fully saturated rings. The van der Waals surface area contributed by atoms with Crippen LogP contribution in [-0.2, 0) is 11.2 Å². The second-order valence-corrected chi connectivity index (χ2v) is 7.07. The van der Waals surface area contributed by atoms with E-state index < -0.39 is 0 Å². The van der Waals surface area contributed by atoms with Gasteiger partial charge in [-0.05, 0) is 49.6 Å². The van der Waals surface area contributed by atoms with Crippen molar-refractivity contribution in [3.63, 3.8) is 0 Å². The second-order valence-electron chi connectivity index (χ2n) is 7.07. The number of carbonyl (C=O) groups is 2. The van der Waals surface area contributed by atoms with Crippen LogP contribution in [0.4, 0.5) is 4.39 Å². The van der Waals surface area contributed by atoms with E-state index in [9.17, 15) is 14.0 Å². The zero-order valence-corrected chi connectivity index (χ0v) is 15.6. The van der Waals surface area contributed by atoms with E-state index in [0.717, 1.165) is 32.4 Å². The number of Topliss-reactive ketones (excluding diaryl/α,β-unsaturated/α-hetero) is 1. The van der Waals surface area contributed by atoms with Crippen LogP contribution < -0.4 is 10.6 Å². The quantitative estimate of drug-likeness (QED) is 0.786. The summed E-state index contributed by atoms with van der Waals surface area (Å²) >= 11 is 0. The number of halogens is 1. The van der Waals surface area contributed by atoms with Crippen molar-refractivity contribution in [1.29, 1.82) is 0 Å². The van der Waals surface area contributed by atoms with Gasteiger partial charge in [-0.3, -0.25) is 9.59 Å². The molecule has 1 aromatic heterocycles. The van der Waals surface area contributed by atoms with Crippen LogP contribution in [0.5, 0.6) is 0 Å². The summed E-state index contributed by atoms with van der Waals surface area (Å²) in [6, 6.07) is 6.27.